The number of benzene rings is 2. The summed E-state index contributed by atoms with van der Waals surface area (Å²) in [5.41, 5.74) is 2.70. The largest absolute Gasteiger partial charge is 0.248 e. The third kappa shape index (κ3) is 1.08. The molecule has 0 amide bonds. The Balaban J connectivity index is 2.50. The predicted octanol–water partition coefficient (Wildman–Crippen LogP) is 3.24. The van der Waals surface area contributed by atoms with Gasteiger partial charge in [-0.2, -0.15) is 4.58 Å². The fourth-order valence-corrected chi connectivity index (χ4v) is 3.08. The molecule has 0 unspecified atom stereocenters. The van der Waals surface area contributed by atoms with Crippen LogP contribution in [0, 0.1) is 0 Å². The Hall–Kier alpha value is -1.28. The van der Waals surface area contributed by atoms with E-state index >= 15 is 0 Å². The highest BCUT2D eigenvalue weighted by Crippen LogP contribution is 2.36. The topological polar surface area (TPSA) is 3.01 Å². The highest BCUT2D eigenvalue weighted by atomic mass is 32.2. The lowest BCUT2D eigenvalue weighted by Crippen LogP contribution is -2.03. The van der Waals surface area contributed by atoms with Crippen LogP contribution in [-0.2, 0) is 0 Å². The molecule has 0 aromatic heterocycles. The van der Waals surface area contributed by atoms with Gasteiger partial charge in [0.1, 0.15) is 7.05 Å². The minimum Gasteiger partial charge on any atom is -0.188 e. The van der Waals surface area contributed by atoms with E-state index in [4.69, 9.17) is 0 Å². The van der Waals surface area contributed by atoms with Gasteiger partial charge in [0.2, 0.25) is 10.7 Å². The Labute approximate surface area is 93.4 Å². The van der Waals surface area contributed by atoms with Gasteiger partial charge in [-0.25, -0.2) is 0 Å². The molecule has 0 radical (unpaired) electrons. The molecule has 15 heavy (non-hydrogen) atoms. The Morgan fingerprint density at radius 1 is 1.07 bits per heavy atom. The number of nitrogens with zero attached hydrogens (tertiary/aromatic N) is 1. The fourth-order valence-electron chi connectivity index (χ4n) is 2.32. The average molecular weight is 214 g/mol. The maximum Gasteiger partial charge on any atom is 0.248 e. The van der Waals surface area contributed by atoms with Crippen molar-refractivity contribution in [1.29, 1.82) is 0 Å². The summed E-state index contributed by atoms with van der Waals surface area (Å²) >= 11 is 1.81. The van der Waals surface area contributed by atoms with Gasteiger partial charge in [-0.1, -0.05) is 36.0 Å². The van der Waals surface area contributed by atoms with Crippen LogP contribution in [0.2, 0.25) is 0 Å². The predicted molar refractivity (Wildman–Crippen MR) is 67.4 cm³/mol. The van der Waals surface area contributed by atoms with Crippen molar-refractivity contribution in [3.8, 4) is 0 Å². The lowest BCUT2D eigenvalue weighted by molar-refractivity contribution is -0.396. The molecule has 0 bridgehead atoms. The van der Waals surface area contributed by atoms with Crippen LogP contribution >= 0.6 is 11.8 Å². The van der Waals surface area contributed by atoms with E-state index in [0.717, 1.165) is 0 Å². The van der Waals surface area contributed by atoms with Crippen LogP contribution in [0.1, 0.15) is 5.56 Å². The molecule has 1 heterocycles. The van der Waals surface area contributed by atoms with Crippen molar-refractivity contribution in [2.45, 2.75) is 0 Å². The summed E-state index contributed by atoms with van der Waals surface area (Å²) in [5, 5.41) is 4.08. The molecule has 3 rings (SSSR count). The SMILES string of the molecule is CSC1=[N+](C)c2cccc3cccc1c23. The summed E-state index contributed by atoms with van der Waals surface area (Å²) in [6.07, 6.45) is 2.14. The van der Waals surface area contributed by atoms with Crippen molar-refractivity contribution in [2.75, 3.05) is 13.3 Å². The highest BCUT2D eigenvalue weighted by molar-refractivity contribution is 8.13. The number of hydrogen-bond donors (Lipinski definition) is 0. The van der Waals surface area contributed by atoms with E-state index in [2.05, 4.69) is 54.3 Å². The molecule has 1 nitrogen and oxygen atoms in total. The zero-order chi connectivity index (χ0) is 10.4. The first-order valence-corrected chi connectivity index (χ1v) is 6.22. The first-order chi connectivity index (χ1) is 7.33. The van der Waals surface area contributed by atoms with Gasteiger partial charge in [0.05, 0.1) is 10.9 Å². The summed E-state index contributed by atoms with van der Waals surface area (Å²) in [6.45, 7) is 0. The monoisotopic (exact) mass is 214 g/mol. The molecule has 2 aromatic carbocycles. The van der Waals surface area contributed by atoms with Gasteiger partial charge < -0.3 is 0 Å². The minimum atomic E-state index is 1.33. The number of thioether (sulfide) groups is 1. The van der Waals surface area contributed by atoms with E-state index in [9.17, 15) is 0 Å². The van der Waals surface area contributed by atoms with Gasteiger partial charge in [0, 0.05) is 6.07 Å². The molecule has 0 saturated heterocycles. The molecule has 1 aliphatic heterocycles. The Morgan fingerprint density at radius 3 is 2.53 bits per heavy atom. The van der Waals surface area contributed by atoms with Crippen LogP contribution in [-0.4, -0.2) is 22.9 Å². The van der Waals surface area contributed by atoms with Crippen LogP contribution < -0.4 is 0 Å². The van der Waals surface area contributed by atoms with Gasteiger partial charge in [-0.3, -0.25) is 0 Å². The quantitative estimate of drug-likeness (QED) is 0.608. The second kappa shape index (κ2) is 3.11. The van der Waals surface area contributed by atoms with Crippen molar-refractivity contribution in [1.82, 2.24) is 0 Å². The van der Waals surface area contributed by atoms with Crippen molar-refractivity contribution in [2.24, 2.45) is 0 Å². The summed E-state index contributed by atoms with van der Waals surface area (Å²) in [6, 6.07) is 13.0. The first-order valence-electron chi connectivity index (χ1n) is 4.99. The van der Waals surface area contributed by atoms with E-state index in [1.807, 2.05) is 11.8 Å². The maximum atomic E-state index is 2.28. The molecular formula is C13H12NS+. The molecule has 0 spiro atoms. The summed E-state index contributed by atoms with van der Waals surface area (Å²) in [5.74, 6) is 0. The summed E-state index contributed by atoms with van der Waals surface area (Å²) < 4.78 is 2.28. The van der Waals surface area contributed by atoms with Crippen molar-refractivity contribution < 1.29 is 4.58 Å². The average Bonchev–Trinajstić information content (AvgIpc) is 2.55. The van der Waals surface area contributed by atoms with E-state index in [0.29, 0.717) is 0 Å². The van der Waals surface area contributed by atoms with Gasteiger partial charge in [-0.05, 0) is 17.7 Å². The Bertz CT molecular complexity index is 579. The van der Waals surface area contributed by atoms with Gasteiger partial charge in [0.25, 0.3) is 0 Å². The molecular weight excluding hydrogens is 202 g/mol. The molecule has 0 saturated carbocycles. The van der Waals surface area contributed by atoms with Gasteiger partial charge in [0.15, 0.2) is 0 Å². The van der Waals surface area contributed by atoms with Crippen LogP contribution in [0.5, 0.6) is 0 Å². The molecule has 0 N–H and O–H groups in total. The number of rotatable bonds is 0. The second-order valence-corrected chi connectivity index (χ2v) is 4.54. The normalized spacial score (nSPS) is 14.0. The van der Waals surface area contributed by atoms with E-state index < -0.39 is 0 Å². The third-order valence-electron chi connectivity index (χ3n) is 2.97. The van der Waals surface area contributed by atoms with E-state index in [1.165, 1.54) is 27.1 Å². The van der Waals surface area contributed by atoms with Crippen LogP contribution in [0.15, 0.2) is 36.4 Å². The van der Waals surface area contributed by atoms with Crippen molar-refractivity contribution in [3.05, 3.63) is 42.0 Å². The first kappa shape index (κ1) is 8.98. The van der Waals surface area contributed by atoms with E-state index in [1.54, 1.807) is 0 Å². The maximum absolute atomic E-state index is 2.28. The lowest BCUT2D eigenvalue weighted by Gasteiger charge is -1.96. The van der Waals surface area contributed by atoms with E-state index in [-0.39, 0.29) is 0 Å². The molecule has 0 aliphatic carbocycles. The second-order valence-electron chi connectivity index (χ2n) is 3.75. The van der Waals surface area contributed by atoms with Gasteiger partial charge in [-0.15, -0.1) is 0 Å². The van der Waals surface area contributed by atoms with Gasteiger partial charge >= 0.3 is 0 Å². The molecule has 0 fully saturated rings. The van der Waals surface area contributed by atoms with Crippen LogP contribution in [0.25, 0.3) is 10.8 Å². The standard InChI is InChI=1S/C13H12NS/c1-14-11-8-4-6-9-5-3-7-10(12(9)11)13(14)15-2/h3-8H,1-2H3/q+1. The fraction of sp³-hybridized carbons (Fsp3) is 0.154. The molecule has 2 heteroatoms. The molecule has 74 valence electrons. The smallest absolute Gasteiger partial charge is 0.188 e. The summed E-state index contributed by atoms with van der Waals surface area (Å²) in [4.78, 5) is 0. The van der Waals surface area contributed by atoms with Crippen molar-refractivity contribution in [3.63, 3.8) is 0 Å². The zero-order valence-corrected chi connectivity index (χ0v) is 9.64. The highest BCUT2D eigenvalue weighted by Gasteiger charge is 2.28. The number of hydrogen-bond acceptors (Lipinski definition) is 1. The van der Waals surface area contributed by atoms with Crippen LogP contribution in [0.3, 0.4) is 0 Å². The van der Waals surface area contributed by atoms with Crippen LogP contribution in [0.4, 0.5) is 5.69 Å². The Kier molecular flexibility index (Phi) is 1.86. The minimum absolute atomic E-state index is 1.33. The lowest BCUT2D eigenvalue weighted by atomic mass is 10.1. The zero-order valence-electron chi connectivity index (χ0n) is 8.82. The molecule has 2 aromatic rings. The molecule has 1 aliphatic rings. The van der Waals surface area contributed by atoms with Crippen molar-refractivity contribution >= 4 is 33.3 Å². The summed E-state index contributed by atoms with van der Waals surface area (Å²) in [7, 11) is 2.14. The third-order valence-corrected chi connectivity index (χ3v) is 3.85. The Morgan fingerprint density at radius 2 is 1.80 bits per heavy atom. The molecule has 0 atom stereocenters.